The molecule has 162 valence electrons. The number of sulfone groups is 1. The number of nitrogens with one attached hydrogen (secondary N) is 2. The lowest BCUT2D eigenvalue weighted by atomic mass is 10.2. The second-order valence-corrected chi connectivity index (χ2v) is 9.56. The summed E-state index contributed by atoms with van der Waals surface area (Å²) in [6.45, 7) is 0. The third kappa shape index (κ3) is 4.26. The molecule has 0 fully saturated rings. The predicted octanol–water partition coefficient (Wildman–Crippen LogP) is 2.58. The Hall–Kier alpha value is -3.90. The standard InChI is InChI=1S/C20H16N6O4S2/c1-32(29,30)15-6-5-11(25-20(28)13-4-2-3-7-22-13)8-14(15)26-19(27)12-9-31-17-16(12)23-10-24-18(17)21/h2-10H,1H3,(H,25,28)(H,26,27)(H2,21,23,24). The molecule has 0 aliphatic rings. The van der Waals surface area contributed by atoms with Gasteiger partial charge in [-0.3, -0.25) is 14.6 Å². The number of pyridine rings is 1. The monoisotopic (exact) mass is 468 g/mol. The van der Waals surface area contributed by atoms with Crippen molar-refractivity contribution in [3.63, 3.8) is 0 Å². The van der Waals surface area contributed by atoms with Crippen molar-refractivity contribution in [3.8, 4) is 0 Å². The van der Waals surface area contributed by atoms with Gasteiger partial charge in [-0.25, -0.2) is 18.4 Å². The molecule has 4 rings (SSSR count). The van der Waals surface area contributed by atoms with E-state index in [4.69, 9.17) is 5.73 Å². The van der Waals surface area contributed by atoms with Crippen LogP contribution in [0.3, 0.4) is 0 Å². The van der Waals surface area contributed by atoms with Crippen LogP contribution < -0.4 is 16.4 Å². The number of thiophene rings is 1. The number of nitrogen functional groups attached to an aromatic ring is 1. The fourth-order valence-electron chi connectivity index (χ4n) is 2.94. The molecule has 0 bridgehead atoms. The molecule has 3 heterocycles. The Morgan fingerprint density at radius 2 is 1.84 bits per heavy atom. The summed E-state index contributed by atoms with van der Waals surface area (Å²) >= 11 is 1.21. The predicted molar refractivity (Wildman–Crippen MR) is 122 cm³/mol. The maximum atomic E-state index is 12.9. The lowest BCUT2D eigenvalue weighted by molar-refractivity contribution is 0.101. The molecule has 1 aromatic carbocycles. The Kier molecular flexibility index (Phi) is 5.55. The summed E-state index contributed by atoms with van der Waals surface area (Å²) in [5, 5.41) is 6.81. The molecule has 4 aromatic rings. The van der Waals surface area contributed by atoms with Crippen LogP contribution in [0.1, 0.15) is 20.8 Å². The Morgan fingerprint density at radius 1 is 1.03 bits per heavy atom. The number of fused-ring (bicyclic) bond motifs is 1. The van der Waals surface area contributed by atoms with Crippen LogP contribution in [0.2, 0.25) is 0 Å². The number of nitrogens with zero attached hydrogens (tertiary/aromatic N) is 3. The minimum atomic E-state index is -3.68. The molecule has 10 nitrogen and oxygen atoms in total. The summed E-state index contributed by atoms with van der Waals surface area (Å²) in [6.07, 6.45) is 3.75. The van der Waals surface area contributed by atoms with Gasteiger partial charge in [-0.15, -0.1) is 11.3 Å². The molecule has 12 heteroatoms. The topological polar surface area (TPSA) is 157 Å². The summed E-state index contributed by atoms with van der Waals surface area (Å²) in [7, 11) is -3.68. The van der Waals surface area contributed by atoms with Crippen molar-refractivity contribution in [2.75, 3.05) is 22.6 Å². The van der Waals surface area contributed by atoms with Crippen LogP contribution in [0.5, 0.6) is 0 Å². The minimum absolute atomic E-state index is 0.0118. The van der Waals surface area contributed by atoms with Crippen molar-refractivity contribution < 1.29 is 18.0 Å². The summed E-state index contributed by atoms with van der Waals surface area (Å²) in [5.41, 5.74) is 6.89. The lowest BCUT2D eigenvalue weighted by Gasteiger charge is -2.12. The number of rotatable bonds is 5. The summed E-state index contributed by atoms with van der Waals surface area (Å²) in [4.78, 5) is 37.2. The van der Waals surface area contributed by atoms with Crippen molar-refractivity contribution in [2.45, 2.75) is 4.90 Å². The molecule has 0 saturated heterocycles. The van der Waals surface area contributed by atoms with E-state index in [-0.39, 0.29) is 33.3 Å². The fourth-order valence-corrected chi connectivity index (χ4v) is 4.67. The van der Waals surface area contributed by atoms with E-state index in [2.05, 4.69) is 25.6 Å². The Balaban J connectivity index is 1.68. The maximum absolute atomic E-state index is 12.9. The van der Waals surface area contributed by atoms with Crippen LogP contribution in [0.4, 0.5) is 17.2 Å². The van der Waals surface area contributed by atoms with Gasteiger partial charge in [-0.2, -0.15) is 0 Å². The zero-order chi connectivity index (χ0) is 22.9. The third-order valence-corrected chi connectivity index (χ3v) is 6.56. The Morgan fingerprint density at radius 3 is 2.56 bits per heavy atom. The minimum Gasteiger partial charge on any atom is -0.382 e. The average molecular weight is 469 g/mol. The van der Waals surface area contributed by atoms with Crippen LogP contribution in [0.25, 0.3) is 10.2 Å². The van der Waals surface area contributed by atoms with E-state index >= 15 is 0 Å². The maximum Gasteiger partial charge on any atom is 0.274 e. The first-order chi connectivity index (χ1) is 15.2. The van der Waals surface area contributed by atoms with Gasteiger partial charge in [-0.05, 0) is 30.3 Å². The Labute approximate surface area is 186 Å². The van der Waals surface area contributed by atoms with Gasteiger partial charge in [0.1, 0.15) is 17.8 Å². The first-order valence-electron chi connectivity index (χ1n) is 9.09. The van der Waals surface area contributed by atoms with Gasteiger partial charge >= 0.3 is 0 Å². The van der Waals surface area contributed by atoms with Crippen LogP contribution in [0.15, 0.2) is 59.2 Å². The molecule has 0 aliphatic heterocycles. The zero-order valence-corrected chi connectivity index (χ0v) is 18.2. The van der Waals surface area contributed by atoms with Crippen LogP contribution in [0, 0.1) is 0 Å². The highest BCUT2D eigenvalue weighted by molar-refractivity contribution is 7.90. The van der Waals surface area contributed by atoms with Gasteiger partial charge in [0.15, 0.2) is 9.84 Å². The van der Waals surface area contributed by atoms with Gasteiger partial charge in [0.05, 0.1) is 26.4 Å². The van der Waals surface area contributed by atoms with E-state index in [1.165, 1.54) is 48.1 Å². The van der Waals surface area contributed by atoms with E-state index in [0.717, 1.165) is 6.26 Å². The van der Waals surface area contributed by atoms with Crippen molar-refractivity contribution >= 4 is 60.4 Å². The average Bonchev–Trinajstić information content (AvgIpc) is 3.19. The largest absolute Gasteiger partial charge is 0.382 e. The molecule has 0 spiro atoms. The van der Waals surface area contributed by atoms with Crippen molar-refractivity contribution in [1.82, 2.24) is 15.0 Å². The highest BCUT2D eigenvalue weighted by atomic mass is 32.2. The zero-order valence-electron chi connectivity index (χ0n) is 16.6. The SMILES string of the molecule is CS(=O)(=O)c1ccc(NC(=O)c2ccccn2)cc1NC(=O)c1csc2c(N)ncnc12. The van der Waals surface area contributed by atoms with Gasteiger partial charge in [0, 0.05) is 23.5 Å². The van der Waals surface area contributed by atoms with Crippen LogP contribution in [-0.4, -0.2) is 41.4 Å². The molecular weight excluding hydrogens is 452 g/mol. The van der Waals surface area contributed by atoms with E-state index in [1.54, 1.807) is 17.5 Å². The number of carbonyl (C=O) groups excluding carboxylic acids is 2. The Bertz CT molecular complexity index is 1450. The molecule has 0 atom stereocenters. The van der Waals surface area contributed by atoms with Crippen molar-refractivity contribution in [1.29, 1.82) is 0 Å². The van der Waals surface area contributed by atoms with Crippen LogP contribution in [-0.2, 0) is 9.84 Å². The smallest absolute Gasteiger partial charge is 0.274 e. The first kappa shape index (κ1) is 21.3. The second-order valence-electron chi connectivity index (χ2n) is 6.69. The van der Waals surface area contributed by atoms with Gasteiger partial charge in [0.25, 0.3) is 11.8 Å². The van der Waals surface area contributed by atoms with Crippen molar-refractivity contribution in [2.24, 2.45) is 0 Å². The fraction of sp³-hybridized carbons (Fsp3) is 0.0500. The number of carbonyl (C=O) groups is 2. The first-order valence-corrected chi connectivity index (χ1v) is 11.9. The molecule has 0 saturated carbocycles. The molecule has 32 heavy (non-hydrogen) atoms. The lowest BCUT2D eigenvalue weighted by Crippen LogP contribution is -2.16. The van der Waals surface area contributed by atoms with Gasteiger partial charge in [-0.1, -0.05) is 6.07 Å². The number of nitrogens with two attached hydrogens (primary N) is 1. The second kappa shape index (κ2) is 8.32. The van der Waals surface area contributed by atoms with Gasteiger partial charge in [0.2, 0.25) is 0 Å². The summed E-state index contributed by atoms with van der Waals surface area (Å²) < 4.78 is 25.1. The number of hydrogen-bond donors (Lipinski definition) is 3. The summed E-state index contributed by atoms with van der Waals surface area (Å²) in [5.74, 6) is -0.812. The number of amides is 2. The van der Waals surface area contributed by atoms with Crippen LogP contribution >= 0.6 is 11.3 Å². The number of hydrogen-bond acceptors (Lipinski definition) is 9. The molecule has 0 unspecified atom stereocenters. The van der Waals surface area contributed by atoms with Gasteiger partial charge < -0.3 is 16.4 Å². The quantitative estimate of drug-likeness (QED) is 0.403. The highest BCUT2D eigenvalue weighted by Crippen LogP contribution is 2.30. The van der Waals surface area contributed by atoms with E-state index in [9.17, 15) is 18.0 Å². The molecular formula is C20H16N6O4S2. The summed E-state index contributed by atoms with van der Waals surface area (Å²) in [6, 6.07) is 9.00. The molecule has 0 radical (unpaired) electrons. The number of aromatic nitrogens is 3. The number of benzene rings is 1. The molecule has 0 aliphatic carbocycles. The van der Waals surface area contributed by atoms with E-state index in [0.29, 0.717) is 10.2 Å². The van der Waals surface area contributed by atoms with E-state index in [1.807, 2.05) is 0 Å². The normalized spacial score (nSPS) is 11.3. The molecule has 3 aromatic heterocycles. The molecule has 4 N–H and O–H groups in total. The molecule has 2 amide bonds. The van der Waals surface area contributed by atoms with E-state index < -0.39 is 21.7 Å². The third-order valence-electron chi connectivity index (χ3n) is 4.41. The highest BCUT2D eigenvalue weighted by Gasteiger charge is 2.20. The number of anilines is 3. The van der Waals surface area contributed by atoms with Crippen molar-refractivity contribution in [3.05, 3.63) is 65.6 Å².